The van der Waals surface area contributed by atoms with Crippen molar-refractivity contribution in [3.05, 3.63) is 28.3 Å². The summed E-state index contributed by atoms with van der Waals surface area (Å²) in [6.07, 6.45) is 1.59. The van der Waals surface area contributed by atoms with E-state index in [2.05, 4.69) is 6.92 Å². The van der Waals surface area contributed by atoms with E-state index in [9.17, 15) is 8.42 Å². The highest BCUT2D eigenvalue weighted by atomic mass is 35.7. The van der Waals surface area contributed by atoms with Gasteiger partial charge in [0.05, 0.1) is 4.90 Å². The minimum Gasteiger partial charge on any atom is -0.207 e. The Morgan fingerprint density at radius 3 is 2.12 bits per heavy atom. The van der Waals surface area contributed by atoms with Gasteiger partial charge in [-0.1, -0.05) is 19.9 Å². The fraction of sp³-hybridized carbons (Fsp3) is 0.500. The normalized spacial score (nSPS) is 11.8. The van der Waals surface area contributed by atoms with E-state index in [1.54, 1.807) is 6.92 Å². The summed E-state index contributed by atoms with van der Waals surface area (Å²) in [5, 5.41) is 0. The minimum atomic E-state index is -3.65. The Bertz CT molecular complexity index is 504. The minimum absolute atomic E-state index is 0.298. The van der Waals surface area contributed by atoms with Gasteiger partial charge in [0.15, 0.2) is 0 Å². The first-order chi connectivity index (χ1) is 7.32. The molecule has 1 rings (SSSR count). The maximum absolute atomic E-state index is 11.6. The molecule has 0 aromatic heterocycles. The molecule has 0 N–H and O–H groups in total. The second-order valence-corrected chi connectivity index (χ2v) is 6.43. The third kappa shape index (κ3) is 2.41. The maximum atomic E-state index is 11.6. The van der Waals surface area contributed by atoms with Crippen molar-refractivity contribution >= 4 is 19.7 Å². The largest absolute Gasteiger partial charge is 0.261 e. The second-order valence-electron chi connectivity index (χ2n) is 3.93. The molecule has 0 amide bonds. The summed E-state index contributed by atoms with van der Waals surface area (Å²) in [7, 11) is 1.84. The molecule has 0 saturated heterocycles. The van der Waals surface area contributed by atoms with Crippen molar-refractivity contribution in [1.82, 2.24) is 0 Å². The van der Waals surface area contributed by atoms with Crippen molar-refractivity contribution < 1.29 is 8.42 Å². The molecule has 0 aliphatic heterocycles. The molecule has 16 heavy (non-hydrogen) atoms. The van der Waals surface area contributed by atoms with Gasteiger partial charge >= 0.3 is 0 Å². The zero-order chi connectivity index (χ0) is 12.5. The number of hydrogen-bond acceptors (Lipinski definition) is 2. The van der Waals surface area contributed by atoms with Crippen LogP contribution in [0.1, 0.15) is 36.1 Å². The maximum Gasteiger partial charge on any atom is 0.261 e. The molecule has 0 aliphatic carbocycles. The summed E-state index contributed by atoms with van der Waals surface area (Å²) >= 11 is 0. The van der Waals surface area contributed by atoms with Gasteiger partial charge in [-0.2, -0.15) is 0 Å². The molecule has 90 valence electrons. The van der Waals surface area contributed by atoms with Gasteiger partial charge in [0.2, 0.25) is 0 Å². The smallest absolute Gasteiger partial charge is 0.207 e. The van der Waals surface area contributed by atoms with Gasteiger partial charge in [-0.25, -0.2) is 8.42 Å². The average molecular weight is 261 g/mol. The van der Waals surface area contributed by atoms with Crippen LogP contribution in [0.2, 0.25) is 0 Å². The Hall–Kier alpha value is -0.540. The molecule has 4 heteroatoms. The number of rotatable bonds is 3. The average Bonchev–Trinajstić information content (AvgIpc) is 2.18. The van der Waals surface area contributed by atoms with E-state index in [0.29, 0.717) is 11.3 Å². The van der Waals surface area contributed by atoms with Gasteiger partial charge in [0, 0.05) is 10.7 Å². The van der Waals surface area contributed by atoms with Crippen LogP contribution in [0.25, 0.3) is 0 Å². The lowest BCUT2D eigenvalue weighted by Crippen LogP contribution is -2.05. The van der Waals surface area contributed by atoms with Gasteiger partial charge in [0.25, 0.3) is 9.05 Å². The summed E-state index contributed by atoms with van der Waals surface area (Å²) < 4.78 is 23.1. The lowest BCUT2D eigenvalue weighted by atomic mass is 9.96. The van der Waals surface area contributed by atoms with Crippen molar-refractivity contribution in [2.24, 2.45) is 0 Å². The molecule has 0 unspecified atom stereocenters. The lowest BCUT2D eigenvalue weighted by Gasteiger charge is -2.15. The molecule has 0 saturated carbocycles. The second kappa shape index (κ2) is 4.76. The van der Waals surface area contributed by atoms with Crippen LogP contribution in [-0.4, -0.2) is 8.42 Å². The van der Waals surface area contributed by atoms with Crippen molar-refractivity contribution in [2.45, 2.75) is 45.4 Å². The quantitative estimate of drug-likeness (QED) is 0.781. The molecule has 0 atom stereocenters. The van der Waals surface area contributed by atoms with E-state index >= 15 is 0 Å². The molecule has 1 aromatic carbocycles. The Morgan fingerprint density at radius 2 is 1.75 bits per heavy atom. The molecule has 0 radical (unpaired) electrons. The van der Waals surface area contributed by atoms with Gasteiger partial charge in [0.1, 0.15) is 0 Å². The predicted molar refractivity (Wildman–Crippen MR) is 67.7 cm³/mol. The van der Waals surface area contributed by atoms with Crippen LogP contribution >= 0.6 is 10.7 Å². The lowest BCUT2D eigenvalue weighted by molar-refractivity contribution is 0.607. The number of halogens is 1. The highest BCUT2D eigenvalue weighted by molar-refractivity contribution is 8.13. The number of benzene rings is 1. The Morgan fingerprint density at radius 1 is 1.19 bits per heavy atom. The van der Waals surface area contributed by atoms with E-state index in [4.69, 9.17) is 10.7 Å². The standard InChI is InChI=1S/C12H17ClO2S/c1-5-10-7-8(3)12(16(13,14)15)11(6-2)9(10)4/h7H,5-6H2,1-4H3. The molecular formula is C12H17ClO2S. The van der Waals surface area contributed by atoms with E-state index in [1.165, 1.54) is 5.56 Å². The van der Waals surface area contributed by atoms with E-state index in [-0.39, 0.29) is 0 Å². The van der Waals surface area contributed by atoms with Gasteiger partial charge in [-0.15, -0.1) is 0 Å². The molecule has 0 heterocycles. The third-order valence-corrected chi connectivity index (χ3v) is 4.45. The first kappa shape index (κ1) is 13.5. The van der Waals surface area contributed by atoms with Crippen molar-refractivity contribution in [3.8, 4) is 0 Å². The fourth-order valence-corrected chi connectivity index (χ4v) is 3.85. The highest BCUT2D eigenvalue weighted by Gasteiger charge is 2.20. The molecule has 0 fully saturated rings. The summed E-state index contributed by atoms with van der Waals surface area (Å²) in [5.41, 5.74) is 3.84. The van der Waals surface area contributed by atoms with Gasteiger partial charge in [-0.3, -0.25) is 0 Å². The van der Waals surface area contributed by atoms with E-state index in [1.807, 2.05) is 19.9 Å². The van der Waals surface area contributed by atoms with Crippen LogP contribution < -0.4 is 0 Å². The van der Waals surface area contributed by atoms with Crippen LogP contribution in [0.4, 0.5) is 0 Å². The van der Waals surface area contributed by atoms with Crippen LogP contribution in [-0.2, 0) is 21.9 Å². The van der Waals surface area contributed by atoms with Crippen LogP contribution in [0, 0.1) is 13.8 Å². The Balaban J connectivity index is 3.69. The van der Waals surface area contributed by atoms with E-state index < -0.39 is 9.05 Å². The Labute approximate surface area is 102 Å². The monoisotopic (exact) mass is 260 g/mol. The number of hydrogen-bond donors (Lipinski definition) is 0. The van der Waals surface area contributed by atoms with Gasteiger partial charge < -0.3 is 0 Å². The Kier molecular flexibility index (Phi) is 4.02. The first-order valence-corrected chi connectivity index (χ1v) is 7.70. The number of aryl methyl sites for hydroxylation is 2. The fourth-order valence-electron chi connectivity index (χ4n) is 2.17. The van der Waals surface area contributed by atoms with Crippen LogP contribution in [0.15, 0.2) is 11.0 Å². The summed E-state index contributed by atoms with van der Waals surface area (Å²) in [6.45, 7) is 7.78. The topological polar surface area (TPSA) is 34.1 Å². The van der Waals surface area contributed by atoms with E-state index in [0.717, 1.165) is 23.1 Å². The molecule has 0 bridgehead atoms. The first-order valence-electron chi connectivity index (χ1n) is 5.39. The van der Waals surface area contributed by atoms with Crippen LogP contribution in [0.5, 0.6) is 0 Å². The molecule has 0 aliphatic rings. The molecule has 2 nitrogen and oxygen atoms in total. The van der Waals surface area contributed by atoms with Crippen LogP contribution in [0.3, 0.4) is 0 Å². The third-order valence-electron chi connectivity index (χ3n) is 2.94. The van der Waals surface area contributed by atoms with Crippen molar-refractivity contribution in [2.75, 3.05) is 0 Å². The summed E-state index contributed by atoms with van der Waals surface area (Å²) in [4.78, 5) is 0.298. The van der Waals surface area contributed by atoms with Crippen molar-refractivity contribution in [1.29, 1.82) is 0 Å². The summed E-state index contributed by atoms with van der Waals surface area (Å²) in [5.74, 6) is 0. The SMILES string of the molecule is CCc1cc(C)c(S(=O)(=O)Cl)c(CC)c1C. The zero-order valence-electron chi connectivity index (χ0n) is 10.1. The van der Waals surface area contributed by atoms with Gasteiger partial charge in [-0.05, 0) is 48.9 Å². The predicted octanol–water partition coefficient (Wildman–Crippen LogP) is 3.36. The zero-order valence-corrected chi connectivity index (χ0v) is 11.7. The highest BCUT2D eigenvalue weighted by Crippen LogP contribution is 2.29. The molecule has 0 spiro atoms. The molecule has 1 aromatic rings. The van der Waals surface area contributed by atoms with Crippen molar-refractivity contribution in [3.63, 3.8) is 0 Å². The molecular weight excluding hydrogens is 244 g/mol. The summed E-state index contributed by atoms with van der Waals surface area (Å²) in [6, 6.07) is 1.92.